The highest BCUT2D eigenvalue weighted by Gasteiger charge is 2.28. The molecule has 6 heteroatoms. The van der Waals surface area contributed by atoms with E-state index in [1.807, 2.05) is 6.92 Å². The van der Waals surface area contributed by atoms with Gasteiger partial charge in [0.25, 0.3) is 0 Å². The number of methoxy groups -OCH3 is 1. The molecule has 0 aliphatic heterocycles. The van der Waals surface area contributed by atoms with Crippen molar-refractivity contribution in [2.45, 2.75) is 58.1 Å². The Balaban J connectivity index is 2.23. The summed E-state index contributed by atoms with van der Waals surface area (Å²) in [6, 6.07) is 0.314. The lowest BCUT2D eigenvalue weighted by atomic mass is 10.2. The fourth-order valence-corrected chi connectivity index (χ4v) is 2.73. The molecule has 0 saturated heterocycles. The van der Waals surface area contributed by atoms with Crippen molar-refractivity contribution in [1.29, 1.82) is 0 Å². The van der Waals surface area contributed by atoms with Gasteiger partial charge in [-0.25, -0.2) is 15.8 Å². The number of anilines is 2. The van der Waals surface area contributed by atoms with Crippen LogP contribution in [0.4, 0.5) is 11.6 Å². The molecule has 0 spiro atoms. The second-order valence-electron chi connectivity index (χ2n) is 5.31. The van der Waals surface area contributed by atoms with Gasteiger partial charge in [0.2, 0.25) is 0 Å². The van der Waals surface area contributed by atoms with Gasteiger partial charge in [0, 0.05) is 19.1 Å². The first-order valence-electron chi connectivity index (χ1n) is 7.33. The lowest BCUT2D eigenvalue weighted by Crippen LogP contribution is -2.31. The molecule has 0 bridgehead atoms. The third-order valence-corrected chi connectivity index (χ3v) is 3.88. The summed E-state index contributed by atoms with van der Waals surface area (Å²) in [5.41, 5.74) is 3.62. The average Bonchev–Trinajstić information content (AvgIpc) is 2.89. The second-order valence-corrected chi connectivity index (χ2v) is 5.31. The number of nitrogens with one attached hydrogen (secondary N) is 2. The van der Waals surface area contributed by atoms with Crippen molar-refractivity contribution in [3.05, 3.63) is 11.4 Å². The predicted molar refractivity (Wildman–Crippen MR) is 80.6 cm³/mol. The number of rotatable bonds is 6. The molecule has 0 aromatic carbocycles. The summed E-state index contributed by atoms with van der Waals surface area (Å²) in [6.45, 7) is 4.09. The minimum absolute atomic E-state index is 0.258. The fraction of sp³-hybridized carbons (Fsp3) is 0.714. The van der Waals surface area contributed by atoms with Crippen LogP contribution in [0.25, 0.3) is 0 Å². The predicted octanol–water partition coefficient (Wildman–Crippen LogP) is 2.00. The Morgan fingerprint density at radius 1 is 1.30 bits per heavy atom. The molecule has 0 radical (unpaired) electrons. The molecule has 6 nitrogen and oxygen atoms in total. The molecule has 1 aliphatic carbocycles. The minimum Gasteiger partial charge on any atom is -0.379 e. The lowest BCUT2D eigenvalue weighted by molar-refractivity contribution is 0.101. The van der Waals surface area contributed by atoms with E-state index in [-0.39, 0.29) is 6.10 Å². The Morgan fingerprint density at radius 3 is 2.70 bits per heavy atom. The van der Waals surface area contributed by atoms with E-state index >= 15 is 0 Å². The lowest BCUT2D eigenvalue weighted by Gasteiger charge is -2.22. The third kappa shape index (κ3) is 3.19. The molecule has 1 fully saturated rings. The van der Waals surface area contributed by atoms with E-state index in [2.05, 4.69) is 27.6 Å². The maximum atomic E-state index is 5.55. The number of ether oxygens (including phenoxy) is 1. The molecular formula is C14H25N5O. The summed E-state index contributed by atoms with van der Waals surface area (Å²) in [5.74, 6) is 7.93. The number of hydrogen-bond acceptors (Lipinski definition) is 6. The standard InChI is InChI=1S/C14H25N5O/c1-4-6-12-17-13(9(2)14(18-12)19-15)16-10-7-5-8-11(10)20-3/h10-11H,4-8,15H2,1-3H3,(H2,16,17,18,19). The Hall–Kier alpha value is -1.40. The molecule has 1 aromatic rings. The first-order chi connectivity index (χ1) is 9.69. The molecular weight excluding hydrogens is 254 g/mol. The quantitative estimate of drug-likeness (QED) is 0.545. The van der Waals surface area contributed by atoms with Crippen molar-refractivity contribution in [3.63, 3.8) is 0 Å². The van der Waals surface area contributed by atoms with E-state index in [9.17, 15) is 0 Å². The van der Waals surface area contributed by atoms with Crippen molar-refractivity contribution in [1.82, 2.24) is 9.97 Å². The van der Waals surface area contributed by atoms with Crippen molar-refractivity contribution < 1.29 is 4.74 Å². The Bertz CT molecular complexity index is 451. The zero-order valence-corrected chi connectivity index (χ0v) is 12.6. The molecule has 112 valence electrons. The topological polar surface area (TPSA) is 85.1 Å². The summed E-state index contributed by atoms with van der Waals surface area (Å²) >= 11 is 0. The second kappa shape index (κ2) is 6.85. The van der Waals surface area contributed by atoms with Crippen LogP contribution in [0.1, 0.15) is 44.0 Å². The van der Waals surface area contributed by atoms with Gasteiger partial charge >= 0.3 is 0 Å². The molecule has 20 heavy (non-hydrogen) atoms. The zero-order valence-electron chi connectivity index (χ0n) is 12.6. The smallest absolute Gasteiger partial charge is 0.148 e. The molecule has 1 aromatic heterocycles. The number of aromatic nitrogens is 2. The van der Waals surface area contributed by atoms with E-state index in [0.29, 0.717) is 11.9 Å². The van der Waals surface area contributed by atoms with E-state index in [1.165, 1.54) is 6.42 Å². The van der Waals surface area contributed by atoms with Crippen LogP contribution in [0.3, 0.4) is 0 Å². The van der Waals surface area contributed by atoms with Gasteiger partial charge in [-0.15, -0.1) is 0 Å². The summed E-state index contributed by atoms with van der Waals surface area (Å²) < 4.78 is 5.52. The van der Waals surface area contributed by atoms with Crippen molar-refractivity contribution >= 4 is 11.6 Å². The van der Waals surface area contributed by atoms with E-state index < -0.39 is 0 Å². The van der Waals surface area contributed by atoms with Crippen LogP contribution in [0.5, 0.6) is 0 Å². The zero-order chi connectivity index (χ0) is 14.5. The largest absolute Gasteiger partial charge is 0.379 e. The number of nitrogens with two attached hydrogens (primary N) is 1. The van der Waals surface area contributed by atoms with Crippen molar-refractivity contribution in [3.8, 4) is 0 Å². The van der Waals surface area contributed by atoms with Crippen LogP contribution >= 0.6 is 0 Å². The van der Waals surface area contributed by atoms with E-state index in [0.717, 1.165) is 42.9 Å². The van der Waals surface area contributed by atoms with Crippen molar-refractivity contribution in [2.75, 3.05) is 17.9 Å². The highest BCUT2D eigenvalue weighted by Crippen LogP contribution is 2.27. The van der Waals surface area contributed by atoms with Gasteiger partial charge in [0.15, 0.2) is 0 Å². The summed E-state index contributed by atoms with van der Waals surface area (Å²) in [5, 5.41) is 3.51. The molecule has 1 aliphatic rings. The van der Waals surface area contributed by atoms with Crippen LogP contribution in [0.15, 0.2) is 0 Å². The van der Waals surface area contributed by atoms with Gasteiger partial charge in [0.05, 0.1) is 12.1 Å². The molecule has 2 rings (SSSR count). The van der Waals surface area contributed by atoms with Crippen LogP contribution in [-0.2, 0) is 11.2 Å². The van der Waals surface area contributed by atoms with Gasteiger partial charge in [-0.2, -0.15) is 0 Å². The van der Waals surface area contributed by atoms with Crippen LogP contribution in [-0.4, -0.2) is 29.2 Å². The molecule has 1 heterocycles. The SMILES string of the molecule is CCCc1nc(NN)c(C)c(NC2CCCC2OC)n1. The molecule has 0 amide bonds. The summed E-state index contributed by atoms with van der Waals surface area (Å²) in [6.07, 6.45) is 5.51. The first kappa shape index (κ1) is 15.0. The Morgan fingerprint density at radius 2 is 2.05 bits per heavy atom. The maximum Gasteiger partial charge on any atom is 0.148 e. The summed E-state index contributed by atoms with van der Waals surface area (Å²) in [4.78, 5) is 9.07. The summed E-state index contributed by atoms with van der Waals surface area (Å²) in [7, 11) is 1.77. The Kier molecular flexibility index (Phi) is 5.14. The Labute approximate surface area is 120 Å². The van der Waals surface area contributed by atoms with Crippen LogP contribution < -0.4 is 16.6 Å². The van der Waals surface area contributed by atoms with Gasteiger partial charge in [-0.05, 0) is 32.6 Å². The number of nitrogens with zero attached hydrogens (tertiary/aromatic N) is 2. The first-order valence-corrected chi connectivity index (χ1v) is 7.33. The van der Waals surface area contributed by atoms with Crippen LogP contribution in [0.2, 0.25) is 0 Å². The number of aryl methyl sites for hydroxylation is 1. The average molecular weight is 279 g/mol. The van der Waals surface area contributed by atoms with Gasteiger partial charge in [-0.1, -0.05) is 6.92 Å². The molecule has 2 unspecified atom stereocenters. The van der Waals surface area contributed by atoms with Gasteiger partial charge < -0.3 is 15.5 Å². The minimum atomic E-state index is 0.258. The van der Waals surface area contributed by atoms with Gasteiger partial charge in [-0.3, -0.25) is 0 Å². The van der Waals surface area contributed by atoms with Crippen molar-refractivity contribution in [2.24, 2.45) is 5.84 Å². The van der Waals surface area contributed by atoms with Gasteiger partial charge in [0.1, 0.15) is 17.5 Å². The highest BCUT2D eigenvalue weighted by molar-refractivity contribution is 5.57. The normalized spacial score (nSPS) is 22.0. The third-order valence-electron chi connectivity index (χ3n) is 3.88. The maximum absolute atomic E-state index is 5.55. The van der Waals surface area contributed by atoms with E-state index in [4.69, 9.17) is 10.6 Å². The number of hydrogen-bond donors (Lipinski definition) is 3. The fourth-order valence-electron chi connectivity index (χ4n) is 2.73. The number of hydrazine groups is 1. The van der Waals surface area contributed by atoms with Crippen LogP contribution in [0, 0.1) is 6.92 Å². The highest BCUT2D eigenvalue weighted by atomic mass is 16.5. The monoisotopic (exact) mass is 279 g/mol. The number of nitrogen functional groups attached to an aromatic ring is 1. The molecule has 1 saturated carbocycles. The molecule has 2 atom stereocenters. The molecule has 4 N–H and O–H groups in total. The van der Waals surface area contributed by atoms with E-state index in [1.54, 1.807) is 7.11 Å².